The fourth-order valence-electron chi connectivity index (χ4n) is 8.49. The van der Waals surface area contributed by atoms with Crippen LogP contribution in [0.3, 0.4) is 0 Å². The highest BCUT2D eigenvalue weighted by atomic mass is 16.5. The Bertz CT molecular complexity index is 2200. The van der Waals surface area contributed by atoms with Crippen LogP contribution < -0.4 is 14.4 Å². The predicted octanol–water partition coefficient (Wildman–Crippen LogP) is 19.4. The number of azo groups is 1. The number of anilines is 3. The summed E-state index contributed by atoms with van der Waals surface area (Å²) >= 11 is 0. The Balaban J connectivity index is 1.06. The van der Waals surface area contributed by atoms with E-state index in [2.05, 4.69) is 144 Å². The molecule has 67 heavy (non-hydrogen) atoms. The molecule has 0 aliphatic heterocycles. The van der Waals surface area contributed by atoms with Crippen LogP contribution in [-0.4, -0.2) is 13.2 Å². The third kappa shape index (κ3) is 17.5. The minimum atomic E-state index is 0.597. The number of ether oxygens (including phenoxy) is 2. The van der Waals surface area contributed by atoms with Gasteiger partial charge in [0.25, 0.3) is 0 Å². The van der Waals surface area contributed by atoms with Gasteiger partial charge in [0.2, 0.25) is 0 Å². The zero-order valence-corrected chi connectivity index (χ0v) is 40.5. The lowest BCUT2D eigenvalue weighted by Gasteiger charge is -2.26. The highest BCUT2D eigenvalue weighted by Gasteiger charge is 2.14. The van der Waals surface area contributed by atoms with E-state index in [0.29, 0.717) is 11.3 Å². The summed E-state index contributed by atoms with van der Waals surface area (Å²) in [4.78, 5) is 2.27. The largest absolute Gasteiger partial charge is 0.494 e. The molecule has 6 aromatic rings. The highest BCUT2D eigenvalue weighted by Crippen LogP contribution is 2.38. The van der Waals surface area contributed by atoms with E-state index in [9.17, 15) is 0 Å². The van der Waals surface area contributed by atoms with Gasteiger partial charge in [0.05, 0.1) is 36.2 Å². The Morgan fingerprint density at radius 2 is 0.642 bits per heavy atom. The van der Waals surface area contributed by atoms with Gasteiger partial charge in [0, 0.05) is 17.1 Å². The maximum absolute atomic E-state index is 9.15. The van der Waals surface area contributed by atoms with E-state index < -0.39 is 0 Å². The topological polar surface area (TPSA) is 70.2 Å². The lowest BCUT2D eigenvalue weighted by molar-refractivity contribution is 0.304. The van der Waals surface area contributed by atoms with E-state index in [4.69, 9.17) is 14.7 Å². The molecule has 0 aliphatic rings. The number of rotatable bonds is 31. The molecule has 0 N–H and O–H groups in total. The van der Waals surface area contributed by atoms with Crippen molar-refractivity contribution in [1.29, 1.82) is 5.26 Å². The Hall–Kier alpha value is -6.19. The molecule has 0 saturated heterocycles. The number of hydrogen-bond donors (Lipinski definition) is 0. The summed E-state index contributed by atoms with van der Waals surface area (Å²) in [6.07, 6.45) is 26.4. The molecule has 0 unspecified atom stereocenters. The second kappa shape index (κ2) is 29.4. The van der Waals surface area contributed by atoms with Gasteiger partial charge < -0.3 is 14.4 Å². The lowest BCUT2D eigenvalue weighted by atomic mass is 10.0. The van der Waals surface area contributed by atoms with Crippen molar-refractivity contribution in [1.82, 2.24) is 0 Å². The molecule has 0 atom stereocenters. The molecule has 0 fully saturated rings. The molecule has 350 valence electrons. The Morgan fingerprint density at radius 1 is 0.358 bits per heavy atom. The van der Waals surface area contributed by atoms with E-state index in [-0.39, 0.29) is 0 Å². The van der Waals surface area contributed by atoms with Gasteiger partial charge in [-0.25, -0.2) is 0 Å². The highest BCUT2D eigenvalue weighted by molar-refractivity contribution is 5.80. The summed E-state index contributed by atoms with van der Waals surface area (Å²) < 4.78 is 12.2. The van der Waals surface area contributed by atoms with Gasteiger partial charge in [-0.3, -0.25) is 0 Å². The molecule has 0 aromatic heterocycles. The molecule has 0 heterocycles. The molecule has 0 radical (unpaired) electrons. The summed E-state index contributed by atoms with van der Waals surface area (Å²) in [7, 11) is 0. The van der Waals surface area contributed by atoms with E-state index in [1.54, 1.807) is 24.3 Å². The van der Waals surface area contributed by atoms with Gasteiger partial charge in [-0.1, -0.05) is 178 Å². The fourth-order valence-corrected chi connectivity index (χ4v) is 8.49. The SMILES string of the molecule is CCCCCCCCCCCCOc1ccc(-c2ccc(N(c3ccc(N=Nc4ccc(C#N)cc4)cc3)c3ccc(-c4ccc(OCCCCCCCCCCCC)cc4)cc3)cc2)cc1. The smallest absolute Gasteiger partial charge is 0.119 e. The second-order valence-corrected chi connectivity index (χ2v) is 17.9. The Morgan fingerprint density at radius 3 is 0.970 bits per heavy atom. The fraction of sp³-hybridized carbons (Fsp3) is 0.393. The molecule has 6 aromatic carbocycles. The molecule has 6 rings (SSSR count). The molecule has 0 spiro atoms. The summed E-state index contributed by atoms with van der Waals surface area (Å²) in [5.41, 5.74) is 9.73. The van der Waals surface area contributed by atoms with Crippen LogP contribution in [-0.2, 0) is 0 Å². The molecule has 6 heteroatoms. The lowest BCUT2D eigenvalue weighted by Crippen LogP contribution is -2.09. The molecule has 0 amide bonds. The normalized spacial score (nSPS) is 11.2. The van der Waals surface area contributed by atoms with Crippen molar-refractivity contribution in [2.75, 3.05) is 18.1 Å². The van der Waals surface area contributed by atoms with Crippen LogP contribution in [0.4, 0.5) is 28.4 Å². The summed E-state index contributed by atoms with van der Waals surface area (Å²) in [6, 6.07) is 51.9. The quantitative estimate of drug-likeness (QED) is 0.0322. The number of nitrogens with zero attached hydrogens (tertiary/aromatic N) is 4. The van der Waals surface area contributed by atoms with E-state index >= 15 is 0 Å². The maximum atomic E-state index is 9.15. The third-order valence-corrected chi connectivity index (χ3v) is 12.5. The van der Waals surface area contributed by atoms with Crippen molar-refractivity contribution in [2.24, 2.45) is 10.2 Å². The first-order chi connectivity index (χ1) is 33.1. The molecule has 6 nitrogen and oxygen atoms in total. The number of nitriles is 1. The predicted molar refractivity (Wildman–Crippen MR) is 282 cm³/mol. The van der Waals surface area contributed by atoms with Crippen LogP contribution in [0.1, 0.15) is 148 Å². The van der Waals surface area contributed by atoms with Gasteiger partial charge in [-0.05, 0) is 132 Å². The standard InChI is InChI=1S/C61H74N4O2/c1-3-5-7-9-11-13-15-17-19-21-47-66-60-43-29-53(30-44-60)51-25-37-57(38-26-51)65(59-41-35-56(36-42-59)64-63-55-33-23-50(49-62)24-34-55)58-39-27-52(28-40-58)54-31-45-61(46-32-54)67-48-22-20-18-16-14-12-10-8-6-4-2/h23-46H,3-22,47-48H2,1-2H3. The second-order valence-electron chi connectivity index (χ2n) is 17.9. The third-order valence-electron chi connectivity index (χ3n) is 12.5. The van der Waals surface area contributed by atoms with Crippen molar-refractivity contribution in [3.05, 3.63) is 151 Å². The van der Waals surface area contributed by atoms with Gasteiger partial charge in [0.15, 0.2) is 0 Å². The van der Waals surface area contributed by atoms with E-state index in [0.717, 1.165) is 82.6 Å². The van der Waals surface area contributed by atoms with Gasteiger partial charge in [0.1, 0.15) is 11.5 Å². The zero-order chi connectivity index (χ0) is 46.6. The van der Waals surface area contributed by atoms with Crippen molar-refractivity contribution in [3.63, 3.8) is 0 Å². The van der Waals surface area contributed by atoms with Crippen molar-refractivity contribution < 1.29 is 9.47 Å². The van der Waals surface area contributed by atoms with Crippen LogP contribution in [0.2, 0.25) is 0 Å². The van der Waals surface area contributed by atoms with Crippen LogP contribution in [0.15, 0.2) is 156 Å². The molecule has 0 bridgehead atoms. The van der Waals surface area contributed by atoms with Gasteiger partial charge in [-0.2, -0.15) is 15.5 Å². The van der Waals surface area contributed by atoms with E-state index in [1.807, 2.05) is 12.1 Å². The number of hydrogen-bond acceptors (Lipinski definition) is 6. The summed E-state index contributed by atoms with van der Waals surface area (Å²) in [5, 5.41) is 18.0. The molecule has 0 aliphatic carbocycles. The molecule has 0 saturated carbocycles. The Labute approximate surface area is 403 Å². The summed E-state index contributed by atoms with van der Waals surface area (Å²) in [6.45, 7) is 6.09. The first-order valence-corrected chi connectivity index (χ1v) is 25.6. The average molecular weight is 895 g/mol. The monoisotopic (exact) mass is 895 g/mol. The van der Waals surface area contributed by atoms with Gasteiger partial charge >= 0.3 is 0 Å². The van der Waals surface area contributed by atoms with Crippen LogP contribution in [0.5, 0.6) is 11.5 Å². The van der Waals surface area contributed by atoms with Crippen molar-refractivity contribution in [3.8, 4) is 39.8 Å². The minimum Gasteiger partial charge on any atom is -0.494 e. The maximum Gasteiger partial charge on any atom is 0.119 e. The molecular weight excluding hydrogens is 821 g/mol. The van der Waals surface area contributed by atoms with Crippen molar-refractivity contribution in [2.45, 2.75) is 142 Å². The summed E-state index contributed by atoms with van der Waals surface area (Å²) in [5.74, 6) is 1.85. The zero-order valence-electron chi connectivity index (χ0n) is 40.5. The van der Waals surface area contributed by atoms with Crippen LogP contribution in [0.25, 0.3) is 22.3 Å². The Kier molecular flexibility index (Phi) is 22.1. The first-order valence-electron chi connectivity index (χ1n) is 25.6. The van der Waals surface area contributed by atoms with Crippen LogP contribution in [0, 0.1) is 11.3 Å². The van der Waals surface area contributed by atoms with Crippen molar-refractivity contribution >= 4 is 28.4 Å². The number of unbranched alkanes of at least 4 members (excludes halogenated alkanes) is 18. The van der Waals surface area contributed by atoms with Crippen LogP contribution >= 0.6 is 0 Å². The number of benzene rings is 6. The van der Waals surface area contributed by atoms with E-state index in [1.165, 1.54) is 116 Å². The molecular formula is C61H74N4O2. The average Bonchev–Trinajstić information content (AvgIpc) is 3.38. The minimum absolute atomic E-state index is 0.597. The van der Waals surface area contributed by atoms with Gasteiger partial charge in [-0.15, -0.1) is 0 Å². The first kappa shape index (κ1) is 50.2.